The van der Waals surface area contributed by atoms with Crippen LogP contribution in [0.1, 0.15) is 40.6 Å². The van der Waals surface area contributed by atoms with Gasteiger partial charge in [0.1, 0.15) is 17.9 Å². The molecule has 2 heterocycles. The predicted molar refractivity (Wildman–Crippen MR) is 101 cm³/mol. The Hall–Kier alpha value is -2.67. The quantitative estimate of drug-likeness (QED) is 0.635. The van der Waals surface area contributed by atoms with Crippen LogP contribution < -0.4 is 10.1 Å². The number of urea groups is 1. The molecular formula is C20H20N2O4S. The molecule has 1 aliphatic heterocycles. The normalized spacial score (nSPS) is 21.3. The number of fused-ring (bicyclic) bond motifs is 2. The van der Waals surface area contributed by atoms with Crippen LogP contribution in [0.5, 0.6) is 5.75 Å². The van der Waals surface area contributed by atoms with Crippen LogP contribution in [0.2, 0.25) is 0 Å². The lowest BCUT2D eigenvalue weighted by molar-refractivity contribution is -0.132. The van der Waals surface area contributed by atoms with Gasteiger partial charge in [-0.05, 0) is 49.8 Å². The molecule has 1 aliphatic carbocycles. The van der Waals surface area contributed by atoms with E-state index in [2.05, 4.69) is 5.32 Å². The van der Waals surface area contributed by atoms with E-state index in [1.165, 1.54) is 16.7 Å². The highest BCUT2D eigenvalue weighted by Crippen LogP contribution is 2.42. The molecule has 0 saturated carbocycles. The number of benzene rings is 1. The number of carbonyl (C=O) groups excluding carboxylic acids is 3. The van der Waals surface area contributed by atoms with E-state index in [0.717, 1.165) is 18.4 Å². The smallest absolute Gasteiger partial charge is 0.325 e. The first kappa shape index (κ1) is 17.7. The highest BCUT2D eigenvalue weighted by Gasteiger charge is 2.54. The minimum Gasteiger partial charge on any atom is -0.491 e. The number of imide groups is 1. The zero-order valence-electron chi connectivity index (χ0n) is 15.0. The van der Waals surface area contributed by atoms with Gasteiger partial charge in [-0.15, -0.1) is 11.3 Å². The first-order valence-electron chi connectivity index (χ1n) is 8.96. The molecule has 0 radical (unpaired) electrons. The van der Waals surface area contributed by atoms with Crippen molar-refractivity contribution in [1.82, 2.24) is 10.2 Å². The molecule has 140 valence electrons. The van der Waals surface area contributed by atoms with Gasteiger partial charge in [-0.2, -0.15) is 0 Å². The lowest BCUT2D eigenvalue weighted by Gasteiger charge is -2.31. The maximum absolute atomic E-state index is 13.1. The number of para-hydroxylation sites is 1. The number of hydrogen-bond donors (Lipinski definition) is 1. The fourth-order valence-corrected chi connectivity index (χ4v) is 4.87. The number of hydrogen-bond acceptors (Lipinski definition) is 5. The molecule has 0 bridgehead atoms. The van der Waals surface area contributed by atoms with Crippen molar-refractivity contribution in [2.75, 3.05) is 13.2 Å². The monoisotopic (exact) mass is 384 g/mol. The van der Waals surface area contributed by atoms with Gasteiger partial charge in [0.2, 0.25) is 0 Å². The Morgan fingerprint density at radius 2 is 2.11 bits per heavy atom. The van der Waals surface area contributed by atoms with E-state index in [1.807, 2.05) is 11.4 Å². The molecule has 1 saturated heterocycles. The van der Waals surface area contributed by atoms with E-state index in [1.54, 1.807) is 35.6 Å². The molecule has 2 aromatic rings. The summed E-state index contributed by atoms with van der Waals surface area (Å²) in [5.41, 5.74) is 0.492. The minimum atomic E-state index is -0.929. The molecule has 1 aromatic carbocycles. The van der Waals surface area contributed by atoms with Gasteiger partial charge >= 0.3 is 6.03 Å². The van der Waals surface area contributed by atoms with Gasteiger partial charge < -0.3 is 10.1 Å². The summed E-state index contributed by atoms with van der Waals surface area (Å²) in [6.45, 7) is 1.75. The number of ketones is 1. The molecule has 1 N–H and O–H groups in total. The first-order valence-corrected chi connectivity index (χ1v) is 9.84. The summed E-state index contributed by atoms with van der Waals surface area (Å²) in [7, 11) is 0. The fourth-order valence-electron chi connectivity index (χ4n) is 3.87. The molecule has 1 spiro atoms. The Kier molecular flexibility index (Phi) is 4.47. The average molecular weight is 384 g/mol. The second kappa shape index (κ2) is 6.81. The maximum Gasteiger partial charge on any atom is 0.325 e. The van der Waals surface area contributed by atoms with Crippen LogP contribution in [-0.4, -0.2) is 35.8 Å². The largest absolute Gasteiger partial charge is 0.491 e. The molecule has 4 rings (SSSR count). The highest BCUT2D eigenvalue weighted by atomic mass is 32.1. The Morgan fingerprint density at radius 1 is 1.30 bits per heavy atom. The van der Waals surface area contributed by atoms with E-state index < -0.39 is 5.54 Å². The Bertz CT molecular complexity index is 922. The van der Waals surface area contributed by atoms with E-state index in [9.17, 15) is 14.4 Å². The Balaban J connectivity index is 1.48. The number of nitrogens with one attached hydrogen (secondary N) is 1. The summed E-state index contributed by atoms with van der Waals surface area (Å²) >= 11 is 1.63. The second-order valence-corrected chi connectivity index (χ2v) is 7.80. The summed E-state index contributed by atoms with van der Waals surface area (Å²) in [5.74, 6) is 0.159. The molecule has 1 atom stereocenters. The van der Waals surface area contributed by atoms with Crippen LogP contribution >= 0.6 is 11.3 Å². The van der Waals surface area contributed by atoms with Crippen LogP contribution in [0.3, 0.4) is 0 Å². The van der Waals surface area contributed by atoms with Gasteiger partial charge in [0, 0.05) is 10.4 Å². The molecule has 3 amide bonds. The number of amides is 3. The number of thiophene rings is 1. The van der Waals surface area contributed by atoms with Crippen LogP contribution in [0.25, 0.3) is 0 Å². The number of nitrogens with zero attached hydrogens (tertiary/aromatic N) is 1. The van der Waals surface area contributed by atoms with Crippen LogP contribution in [-0.2, 0) is 16.8 Å². The van der Waals surface area contributed by atoms with Crippen molar-refractivity contribution in [3.63, 3.8) is 0 Å². The summed E-state index contributed by atoms with van der Waals surface area (Å²) in [5, 5.41) is 4.90. The lowest BCUT2D eigenvalue weighted by Crippen LogP contribution is -2.46. The molecule has 7 heteroatoms. The molecule has 27 heavy (non-hydrogen) atoms. The Morgan fingerprint density at radius 3 is 2.93 bits per heavy atom. The molecule has 0 unspecified atom stereocenters. The number of Topliss-reactive ketones (excluding diaryl/α,β-unsaturated/α-hetero) is 1. The maximum atomic E-state index is 13.1. The average Bonchev–Trinajstić information content (AvgIpc) is 3.22. The molecule has 2 aliphatic rings. The van der Waals surface area contributed by atoms with Crippen LogP contribution in [0.15, 0.2) is 35.7 Å². The third-order valence-corrected chi connectivity index (χ3v) is 6.16. The van der Waals surface area contributed by atoms with Crippen LogP contribution in [0, 0.1) is 0 Å². The van der Waals surface area contributed by atoms with E-state index >= 15 is 0 Å². The number of aryl methyl sites for hydroxylation is 1. The van der Waals surface area contributed by atoms with Crippen molar-refractivity contribution in [2.45, 2.75) is 31.7 Å². The van der Waals surface area contributed by atoms with E-state index in [-0.39, 0.29) is 30.9 Å². The number of carbonyl (C=O) groups is 3. The van der Waals surface area contributed by atoms with Gasteiger partial charge in [0.05, 0.1) is 12.1 Å². The molecular weight excluding hydrogens is 364 g/mol. The van der Waals surface area contributed by atoms with Crippen molar-refractivity contribution in [3.8, 4) is 5.75 Å². The van der Waals surface area contributed by atoms with Crippen molar-refractivity contribution < 1.29 is 19.1 Å². The van der Waals surface area contributed by atoms with Crippen molar-refractivity contribution in [2.24, 2.45) is 0 Å². The molecule has 1 aromatic heterocycles. The second-order valence-electron chi connectivity index (χ2n) is 6.80. The van der Waals surface area contributed by atoms with Gasteiger partial charge in [-0.25, -0.2) is 4.79 Å². The van der Waals surface area contributed by atoms with Crippen molar-refractivity contribution >= 4 is 29.1 Å². The standard InChI is InChI=1S/C20H20N2O4S/c1-13(23)14-5-2-3-6-16(14)26-11-10-22-18(24)20(21-19(22)25)9-4-7-17-15(20)8-12-27-17/h2-3,5-6,8,12H,4,7,9-11H2,1H3,(H,21,25)/t20-/m1/s1. The van der Waals surface area contributed by atoms with E-state index in [4.69, 9.17) is 4.74 Å². The van der Waals surface area contributed by atoms with Gasteiger partial charge in [0.25, 0.3) is 5.91 Å². The number of rotatable bonds is 5. The Labute approximate surface area is 161 Å². The van der Waals surface area contributed by atoms with Gasteiger partial charge in [-0.1, -0.05) is 12.1 Å². The van der Waals surface area contributed by atoms with Gasteiger partial charge in [-0.3, -0.25) is 14.5 Å². The highest BCUT2D eigenvalue weighted by molar-refractivity contribution is 7.10. The summed E-state index contributed by atoms with van der Waals surface area (Å²) < 4.78 is 5.69. The number of ether oxygens (including phenoxy) is 1. The zero-order chi connectivity index (χ0) is 19.0. The lowest BCUT2D eigenvalue weighted by atomic mass is 9.80. The van der Waals surface area contributed by atoms with Gasteiger partial charge in [0.15, 0.2) is 5.78 Å². The third kappa shape index (κ3) is 2.92. The molecule has 6 nitrogen and oxygen atoms in total. The first-order chi connectivity index (χ1) is 13.0. The van der Waals surface area contributed by atoms with E-state index in [0.29, 0.717) is 17.7 Å². The topological polar surface area (TPSA) is 75.7 Å². The minimum absolute atomic E-state index is 0.0910. The molecule has 1 fully saturated rings. The zero-order valence-corrected chi connectivity index (χ0v) is 15.8. The summed E-state index contributed by atoms with van der Waals surface area (Å²) in [6, 6.07) is 8.52. The van der Waals surface area contributed by atoms with Crippen LogP contribution in [0.4, 0.5) is 4.79 Å². The predicted octanol–water partition coefficient (Wildman–Crippen LogP) is 3.11. The fraction of sp³-hybridized carbons (Fsp3) is 0.350. The SMILES string of the molecule is CC(=O)c1ccccc1OCCN1C(=O)N[C@@]2(CCCc3sccc32)C1=O. The third-order valence-electron chi connectivity index (χ3n) is 5.18. The summed E-state index contributed by atoms with van der Waals surface area (Å²) in [4.78, 5) is 39.7. The van der Waals surface area contributed by atoms with Crippen molar-refractivity contribution in [3.05, 3.63) is 51.7 Å². The van der Waals surface area contributed by atoms with Crippen molar-refractivity contribution in [1.29, 1.82) is 0 Å². The summed E-state index contributed by atoms with van der Waals surface area (Å²) in [6.07, 6.45) is 2.44.